The van der Waals surface area contributed by atoms with Gasteiger partial charge in [0.25, 0.3) is 0 Å². The molecule has 1 atom stereocenters. The lowest BCUT2D eigenvalue weighted by Gasteiger charge is -2.36. The second-order valence-corrected chi connectivity index (χ2v) is 10.6. The molecule has 2 aromatic carbocycles. The fourth-order valence-electron chi connectivity index (χ4n) is 4.52. The number of methoxy groups -OCH3 is 2. The number of carbonyl (C=O) groups is 3. The highest BCUT2D eigenvalue weighted by atomic mass is 16.5. The third-order valence-corrected chi connectivity index (χ3v) is 6.14. The van der Waals surface area contributed by atoms with E-state index in [2.05, 4.69) is 15.8 Å². The summed E-state index contributed by atoms with van der Waals surface area (Å²) in [5.74, 6) is 0.350. The van der Waals surface area contributed by atoms with Crippen LogP contribution in [-0.2, 0) is 14.4 Å². The number of carbonyl (C=O) groups excluding carboxylic acids is 3. The van der Waals surface area contributed by atoms with Gasteiger partial charge in [-0.05, 0) is 58.7 Å². The summed E-state index contributed by atoms with van der Waals surface area (Å²) in [6.45, 7) is 11.1. The smallest absolute Gasteiger partial charge is 0.248 e. The first-order chi connectivity index (χ1) is 18.9. The fraction of sp³-hybridized carbons (Fsp3) is 0.400. The highest BCUT2D eigenvalue weighted by molar-refractivity contribution is 6.04. The maximum absolute atomic E-state index is 14.1. The van der Waals surface area contributed by atoms with Gasteiger partial charge >= 0.3 is 0 Å². The predicted molar refractivity (Wildman–Crippen MR) is 153 cm³/mol. The number of nitrogens with one attached hydrogen (secondary N) is 2. The molecule has 3 amide bonds. The van der Waals surface area contributed by atoms with Crippen LogP contribution in [0.1, 0.15) is 62.1 Å². The van der Waals surface area contributed by atoms with Crippen molar-refractivity contribution in [1.82, 2.24) is 10.5 Å². The summed E-state index contributed by atoms with van der Waals surface area (Å²) in [5, 5.41) is 9.43. The molecule has 0 radical (unpaired) electrons. The van der Waals surface area contributed by atoms with E-state index in [9.17, 15) is 14.4 Å². The topological polar surface area (TPSA) is 123 Å². The second-order valence-electron chi connectivity index (χ2n) is 10.6. The van der Waals surface area contributed by atoms with Gasteiger partial charge in [-0.1, -0.05) is 35.5 Å². The van der Waals surface area contributed by atoms with E-state index in [0.717, 1.165) is 11.1 Å². The van der Waals surface area contributed by atoms with Crippen LogP contribution >= 0.6 is 0 Å². The van der Waals surface area contributed by atoms with Crippen molar-refractivity contribution in [2.24, 2.45) is 0 Å². The lowest BCUT2D eigenvalue weighted by atomic mass is 9.97. The molecule has 10 nitrogen and oxygen atoms in total. The highest BCUT2D eigenvalue weighted by Crippen LogP contribution is 2.41. The number of aromatic nitrogens is 1. The van der Waals surface area contributed by atoms with Crippen molar-refractivity contribution in [3.63, 3.8) is 0 Å². The normalized spacial score (nSPS) is 11.9. The SMILES string of the molecule is COc1cccc([C@H](C(=O)NC(C)(C)C)N(C(=O)CCC(=O)Nc2cc(C)on2)c2c(C)cccc2C)c1OC. The molecule has 0 aliphatic rings. The number of nitrogens with zero attached hydrogens (tertiary/aromatic N) is 2. The van der Waals surface area contributed by atoms with Crippen LogP contribution in [0, 0.1) is 20.8 Å². The Hall–Kier alpha value is -4.34. The number of hydrogen-bond acceptors (Lipinski definition) is 7. The van der Waals surface area contributed by atoms with Crippen LogP contribution in [0.4, 0.5) is 11.5 Å². The molecule has 1 heterocycles. The predicted octanol–water partition coefficient (Wildman–Crippen LogP) is 5.02. The third-order valence-electron chi connectivity index (χ3n) is 6.14. The van der Waals surface area contributed by atoms with Gasteiger partial charge in [0.15, 0.2) is 17.3 Å². The molecule has 3 aromatic rings. The Bertz CT molecular complexity index is 1350. The molecule has 0 spiro atoms. The minimum Gasteiger partial charge on any atom is -0.493 e. The number of benzene rings is 2. The number of amides is 3. The van der Waals surface area contributed by atoms with Crippen LogP contribution in [0.3, 0.4) is 0 Å². The van der Waals surface area contributed by atoms with Crippen molar-refractivity contribution < 1.29 is 28.4 Å². The van der Waals surface area contributed by atoms with Crippen LogP contribution < -0.4 is 25.0 Å². The van der Waals surface area contributed by atoms with E-state index in [1.54, 1.807) is 31.2 Å². The summed E-state index contributed by atoms with van der Waals surface area (Å²) in [6, 6.07) is 11.3. The van der Waals surface area contributed by atoms with Crippen molar-refractivity contribution in [2.45, 2.75) is 66.0 Å². The first-order valence-electron chi connectivity index (χ1n) is 13.0. The van der Waals surface area contributed by atoms with E-state index < -0.39 is 29.3 Å². The Balaban J connectivity index is 2.12. The summed E-state index contributed by atoms with van der Waals surface area (Å²) in [7, 11) is 3.00. The monoisotopic (exact) mass is 550 g/mol. The average molecular weight is 551 g/mol. The lowest BCUT2D eigenvalue weighted by molar-refractivity contribution is -0.128. The Morgan fingerprint density at radius 1 is 0.975 bits per heavy atom. The molecule has 214 valence electrons. The Labute approximate surface area is 235 Å². The van der Waals surface area contributed by atoms with Gasteiger partial charge in [0, 0.05) is 30.0 Å². The Morgan fingerprint density at radius 2 is 1.62 bits per heavy atom. The van der Waals surface area contributed by atoms with Gasteiger partial charge in [-0.25, -0.2) is 0 Å². The van der Waals surface area contributed by atoms with Gasteiger partial charge in [-0.3, -0.25) is 19.3 Å². The molecule has 0 aliphatic carbocycles. The van der Waals surface area contributed by atoms with Crippen LogP contribution in [0.5, 0.6) is 11.5 Å². The van der Waals surface area contributed by atoms with Gasteiger partial charge in [-0.15, -0.1) is 0 Å². The minimum absolute atomic E-state index is 0.130. The molecule has 1 aromatic heterocycles. The van der Waals surface area contributed by atoms with Gasteiger partial charge in [0.05, 0.1) is 19.9 Å². The Kier molecular flexibility index (Phi) is 9.57. The van der Waals surface area contributed by atoms with Crippen molar-refractivity contribution in [2.75, 3.05) is 24.4 Å². The van der Waals surface area contributed by atoms with Crippen LogP contribution in [-0.4, -0.2) is 42.6 Å². The molecular weight excluding hydrogens is 512 g/mol. The van der Waals surface area contributed by atoms with E-state index in [1.165, 1.54) is 19.1 Å². The molecule has 0 aliphatic heterocycles. The van der Waals surface area contributed by atoms with Gasteiger partial charge < -0.3 is 24.6 Å². The van der Waals surface area contributed by atoms with E-state index in [4.69, 9.17) is 14.0 Å². The van der Waals surface area contributed by atoms with Crippen molar-refractivity contribution in [1.29, 1.82) is 0 Å². The Morgan fingerprint density at radius 3 is 2.17 bits per heavy atom. The van der Waals surface area contributed by atoms with Crippen LogP contribution in [0.25, 0.3) is 0 Å². The van der Waals surface area contributed by atoms with Crippen LogP contribution in [0.15, 0.2) is 47.0 Å². The molecule has 40 heavy (non-hydrogen) atoms. The maximum atomic E-state index is 14.1. The van der Waals surface area contributed by atoms with E-state index in [1.807, 2.05) is 52.8 Å². The van der Waals surface area contributed by atoms with Gasteiger partial charge in [0.1, 0.15) is 11.8 Å². The van der Waals surface area contributed by atoms with E-state index in [0.29, 0.717) is 28.5 Å². The number of hydrogen-bond donors (Lipinski definition) is 2. The van der Waals surface area contributed by atoms with Crippen LogP contribution in [0.2, 0.25) is 0 Å². The average Bonchev–Trinajstić information content (AvgIpc) is 3.29. The van der Waals surface area contributed by atoms with E-state index in [-0.39, 0.29) is 18.7 Å². The maximum Gasteiger partial charge on any atom is 0.248 e. The number of anilines is 2. The second kappa shape index (κ2) is 12.7. The molecule has 10 heteroatoms. The third kappa shape index (κ3) is 7.19. The van der Waals surface area contributed by atoms with Crippen molar-refractivity contribution >= 4 is 29.2 Å². The number of ether oxygens (including phenoxy) is 2. The molecular formula is C30H38N4O6. The number of aryl methyl sites for hydroxylation is 3. The largest absolute Gasteiger partial charge is 0.493 e. The lowest BCUT2D eigenvalue weighted by Crippen LogP contribution is -2.50. The molecule has 2 N–H and O–H groups in total. The zero-order valence-electron chi connectivity index (χ0n) is 24.4. The fourth-order valence-corrected chi connectivity index (χ4v) is 4.52. The molecule has 0 unspecified atom stereocenters. The van der Waals surface area contributed by atoms with Gasteiger partial charge in [-0.2, -0.15) is 0 Å². The summed E-state index contributed by atoms with van der Waals surface area (Å²) < 4.78 is 16.2. The molecule has 0 fully saturated rings. The molecule has 0 bridgehead atoms. The summed E-state index contributed by atoms with van der Waals surface area (Å²) >= 11 is 0. The van der Waals surface area contributed by atoms with E-state index >= 15 is 0 Å². The first kappa shape index (κ1) is 30.2. The zero-order chi connectivity index (χ0) is 29.6. The molecule has 0 saturated heterocycles. The summed E-state index contributed by atoms with van der Waals surface area (Å²) in [5.41, 5.74) is 2.03. The number of para-hydroxylation sites is 2. The van der Waals surface area contributed by atoms with Gasteiger partial charge in [0.2, 0.25) is 17.7 Å². The summed E-state index contributed by atoms with van der Waals surface area (Å²) in [6.07, 6.45) is -0.295. The standard InChI is InChI=1S/C30H38N4O6/c1-18-11-9-12-19(2)26(18)34(25(36)16-15-24(35)31-23-17-20(3)40-33-23)27(29(37)32-30(4,5)6)21-13-10-14-22(38-7)28(21)39-8/h9-14,17,27H,15-16H2,1-8H3,(H,32,37)(H,31,33,35)/t27-/m1/s1. The van der Waals surface area contributed by atoms with Crippen molar-refractivity contribution in [3.8, 4) is 11.5 Å². The van der Waals surface area contributed by atoms with Crippen molar-refractivity contribution in [3.05, 3.63) is 64.9 Å². The summed E-state index contributed by atoms with van der Waals surface area (Å²) in [4.78, 5) is 42.3. The minimum atomic E-state index is -1.13. The highest BCUT2D eigenvalue weighted by Gasteiger charge is 2.38. The zero-order valence-corrected chi connectivity index (χ0v) is 24.4. The molecule has 3 rings (SSSR count). The first-order valence-corrected chi connectivity index (χ1v) is 13.0. The quantitative estimate of drug-likeness (QED) is 0.363. The molecule has 0 saturated carbocycles. The number of rotatable bonds is 10.